The van der Waals surface area contributed by atoms with Crippen LogP contribution in [-0.2, 0) is 0 Å². The van der Waals surface area contributed by atoms with E-state index < -0.39 is 0 Å². The Morgan fingerprint density at radius 3 is 2.20 bits per heavy atom. The molecule has 0 aliphatic carbocycles. The Morgan fingerprint density at radius 2 is 1.73 bits per heavy atom. The van der Waals surface area contributed by atoms with Crippen LogP contribution in [0.3, 0.4) is 0 Å². The Balaban J connectivity index is 3.31. The largest absolute Gasteiger partial charge is 0.211 e. The second-order valence-electron chi connectivity index (χ2n) is 4.73. The number of benzene rings is 1. The van der Waals surface area contributed by atoms with E-state index in [-0.39, 0.29) is 0 Å². The van der Waals surface area contributed by atoms with Crippen molar-refractivity contribution < 1.29 is 4.58 Å². The predicted molar refractivity (Wildman–Crippen MR) is 67.4 cm³/mol. The van der Waals surface area contributed by atoms with Gasteiger partial charge in [-0.1, -0.05) is 32.0 Å². The molecule has 0 aliphatic rings. The summed E-state index contributed by atoms with van der Waals surface area (Å²) in [6.45, 7) is 15.1. The van der Waals surface area contributed by atoms with Crippen molar-refractivity contribution in [2.24, 2.45) is 0 Å². The van der Waals surface area contributed by atoms with Crippen molar-refractivity contribution in [3.8, 4) is 0 Å². The number of hydrogen-bond acceptors (Lipinski definition) is 0. The molecule has 0 N–H and O–H groups in total. The van der Waals surface area contributed by atoms with Crippen LogP contribution in [0.15, 0.2) is 18.2 Å². The first kappa shape index (κ1) is 12.0. The zero-order valence-corrected chi connectivity index (χ0v) is 10.5. The van der Waals surface area contributed by atoms with Gasteiger partial charge >= 0.3 is 0 Å². The van der Waals surface area contributed by atoms with Crippen LogP contribution in [0.1, 0.15) is 44.7 Å². The summed E-state index contributed by atoms with van der Waals surface area (Å²) in [6, 6.07) is 6.92. The molecule has 0 atom stereocenters. The molecule has 0 saturated carbocycles. The van der Waals surface area contributed by atoms with Gasteiger partial charge in [0, 0.05) is 11.1 Å². The van der Waals surface area contributed by atoms with Crippen LogP contribution in [0.4, 0.5) is 5.69 Å². The molecule has 1 aromatic rings. The van der Waals surface area contributed by atoms with E-state index in [9.17, 15) is 0 Å². The van der Waals surface area contributed by atoms with Gasteiger partial charge in [-0.25, -0.2) is 4.58 Å². The van der Waals surface area contributed by atoms with Gasteiger partial charge in [-0.05, 0) is 26.7 Å². The highest BCUT2D eigenvalue weighted by Gasteiger charge is 2.20. The Kier molecular flexibility index (Phi) is 3.67. The fourth-order valence-corrected chi connectivity index (χ4v) is 1.80. The van der Waals surface area contributed by atoms with E-state index in [1.807, 2.05) is 0 Å². The lowest BCUT2D eigenvalue weighted by Gasteiger charge is -2.14. The maximum atomic E-state index is 4.14. The second-order valence-corrected chi connectivity index (χ2v) is 4.73. The molecule has 0 bridgehead atoms. The molecule has 0 radical (unpaired) electrons. The Bertz CT molecular complexity index is 362. The van der Waals surface area contributed by atoms with E-state index in [1.165, 1.54) is 16.8 Å². The van der Waals surface area contributed by atoms with Gasteiger partial charge in [0.2, 0.25) is 5.69 Å². The number of nitrogens with zero attached hydrogens (tertiary/aromatic N) is 1. The predicted octanol–water partition coefficient (Wildman–Crippen LogP) is 3.87. The number of aryl methyl sites for hydroxylation is 1. The molecule has 0 heterocycles. The fourth-order valence-electron chi connectivity index (χ4n) is 1.80. The number of rotatable bonds is 3. The van der Waals surface area contributed by atoms with Gasteiger partial charge in [-0.3, -0.25) is 0 Å². The molecule has 0 amide bonds. The molecule has 0 spiro atoms. The zero-order valence-electron chi connectivity index (χ0n) is 10.5. The lowest BCUT2D eigenvalue weighted by atomic mass is 9.97. The highest BCUT2D eigenvalue weighted by molar-refractivity contribution is 5.50. The summed E-state index contributed by atoms with van der Waals surface area (Å²) < 4.78 is 2.12. The van der Waals surface area contributed by atoms with Gasteiger partial charge in [-0.2, -0.15) is 0 Å². The first-order chi connectivity index (χ1) is 6.95. The highest BCUT2D eigenvalue weighted by atomic mass is 15.0. The second kappa shape index (κ2) is 4.61. The van der Waals surface area contributed by atoms with Crippen molar-refractivity contribution in [1.29, 1.82) is 0 Å². The average Bonchev–Trinajstić information content (AvgIpc) is 2.16. The minimum absolute atomic E-state index is 0.434. The molecule has 0 aromatic heterocycles. The quantitative estimate of drug-likeness (QED) is 0.519. The van der Waals surface area contributed by atoms with Crippen molar-refractivity contribution in [1.82, 2.24) is 0 Å². The maximum absolute atomic E-state index is 4.14. The van der Waals surface area contributed by atoms with Crippen molar-refractivity contribution in [3.05, 3.63) is 29.3 Å². The fraction of sp³-hybridized carbons (Fsp3) is 0.500. The minimum atomic E-state index is 0.434. The Morgan fingerprint density at radius 1 is 1.13 bits per heavy atom. The Hall–Kier alpha value is -1.11. The van der Waals surface area contributed by atoms with Gasteiger partial charge in [0.1, 0.15) is 6.72 Å². The third kappa shape index (κ3) is 2.47. The van der Waals surface area contributed by atoms with E-state index in [4.69, 9.17) is 0 Å². The zero-order chi connectivity index (χ0) is 11.6. The summed E-state index contributed by atoms with van der Waals surface area (Å²) in [6.07, 6.45) is 0. The summed E-state index contributed by atoms with van der Waals surface area (Å²) in [5, 5.41) is 0. The van der Waals surface area contributed by atoms with Gasteiger partial charge in [-0.15, -0.1) is 0 Å². The first-order valence-corrected chi connectivity index (χ1v) is 5.64. The molecular formula is C14H22N+. The van der Waals surface area contributed by atoms with E-state index >= 15 is 0 Å². The number of hydrogen-bond donors (Lipinski definition) is 0. The molecule has 1 nitrogen and oxygen atoms in total. The van der Waals surface area contributed by atoms with Crippen LogP contribution in [0, 0.1) is 6.92 Å². The van der Waals surface area contributed by atoms with Gasteiger partial charge < -0.3 is 0 Å². The van der Waals surface area contributed by atoms with Crippen LogP contribution in [0.2, 0.25) is 0 Å². The highest BCUT2D eigenvalue weighted by Crippen LogP contribution is 2.30. The van der Waals surface area contributed by atoms with E-state index in [0.717, 1.165) is 0 Å². The number of para-hydroxylation sites is 1. The molecule has 15 heavy (non-hydrogen) atoms. The maximum Gasteiger partial charge on any atom is 0.211 e. The standard InChI is InChI=1S/C14H22N/c1-10(2)13-9-7-8-12(5)14(13)15(6)11(3)4/h7-11H,6H2,1-5H3/q+1. The third-order valence-electron chi connectivity index (χ3n) is 2.80. The molecule has 0 fully saturated rings. The lowest BCUT2D eigenvalue weighted by molar-refractivity contribution is -0.467. The van der Waals surface area contributed by atoms with Crippen LogP contribution in [0.5, 0.6) is 0 Å². The monoisotopic (exact) mass is 204 g/mol. The van der Waals surface area contributed by atoms with Crippen molar-refractivity contribution in [2.45, 2.75) is 46.6 Å². The van der Waals surface area contributed by atoms with Crippen LogP contribution >= 0.6 is 0 Å². The Labute approximate surface area is 93.5 Å². The van der Waals surface area contributed by atoms with E-state index in [1.54, 1.807) is 0 Å². The smallest absolute Gasteiger partial charge is 0.203 e. The summed E-state index contributed by atoms with van der Waals surface area (Å²) in [7, 11) is 0. The van der Waals surface area contributed by atoms with Crippen LogP contribution in [0.25, 0.3) is 0 Å². The van der Waals surface area contributed by atoms with Crippen LogP contribution < -0.4 is 0 Å². The molecule has 0 saturated heterocycles. The molecule has 0 unspecified atom stereocenters. The summed E-state index contributed by atoms with van der Waals surface area (Å²) in [5.41, 5.74) is 3.99. The molecule has 82 valence electrons. The summed E-state index contributed by atoms with van der Waals surface area (Å²) in [4.78, 5) is 0. The van der Waals surface area contributed by atoms with Crippen LogP contribution in [-0.4, -0.2) is 17.3 Å². The first-order valence-electron chi connectivity index (χ1n) is 5.64. The molecule has 1 heteroatoms. The van der Waals surface area contributed by atoms with E-state index in [2.05, 4.69) is 64.1 Å². The third-order valence-corrected chi connectivity index (χ3v) is 2.80. The van der Waals surface area contributed by atoms with Gasteiger partial charge in [0.15, 0.2) is 6.04 Å². The summed E-state index contributed by atoms with van der Waals surface area (Å²) in [5.74, 6) is 0.544. The topological polar surface area (TPSA) is 3.01 Å². The molecule has 1 aromatic carbocycles. The summed E-state index contributed by atoms with van der Waals surface area (Å²) >= 11 is 0. The van der Waals surface area contributed by atoms with Crippen molar-refractivity contribution >= 4 is 12.4 Å². The molecular weight excluding hydrogens is 182 g/mol. The van der Waals surface area contributed by atoms with Crippen molar-refractivity contribution in [3.63, 3.8) is 0 Å². The molecule has 1 rings (SSSR count). The SMILES string of the molecule is C=[N+](c1c(C)cccc1C(C)C)C(C)C. The van der Waals surface area contributed by atoms with Gasteiger partial charge in [0.25, 0.3) is 0 Å². The average molecular weight is 204 g/mol. The van der Waals surface area contributed by atoms with E-state index in [0.29, 0.717) is 12.0 Å². The minimum Gasteiger partial charge on any atom is -0.203 e. The van der Waals surface area contributed by atoms with Gasteiger partial charge in [0.05, 0.1) is 0 Å². The normalized spacial score (nSPS) is 11.1. The molecule has 0 aliphatic heterocycles. The lowest BCUT2D eigenvalue weighted by Crippen LogP contribution is -2.15. The van der Waals surface area contributed by atoms with Crippen molar-refractivity contribution in [2.75, 3.05) is 0 Å².